The van der Waals surface area contributed by atoms with Gasteiger partial charge in [0.2, 0.25) is 23.6 Å². The largest absolute Gasteiger partial charge is 0.338 e. The molecule has 1 atom stereocenters. The third kappa shape index (κ3) is 7.49. The highest BCUT2D eigenvalue weighted by Crippen LogP contribution is 2.26. The minimum absolute atomic E-state index is 0.0854. The van der Waals surface area contributed by atoms with Gasteiger partial charge in [-0.25, -0.2) is 0 Å². The van der Waals surface area contributed by atoms with Crippen molar-refractivity contribution in [2.75, 3.05) is 5.32 Å². The van der Waals surface area contributed by atoms with Crippen LogP contribution >= 0.6 is 0 Å². The fraction of sp³-hybridized carbons (Fsp3) is 0.583. The summed E-state index contributed by atoms with van der Waals surface area (Å²) in [5.74, 6) is -0.822. The van der Waals surface area contributed by atoms with Crippen molar-refractivity contribution in [3.63, 3.8) is 0 Å². The van der Waals surface area contributed by atoms with Gasteiger partial charge in [0.15, 0.2) is 0 Å². The molecule has 0 saturated carbocycles. The third-order valence-electron chi connectivity index (χ3n) is 5.51. The normalized spacial score (nSPS) is 16.4. The van der Waals surface area contributed by atoms with Gasteiger partial charge in [-0.05, 0) is 64.7 Å². The lowest BCUT2D eigenvalue weighted by atomic mass is 9.90. The van der Waals surface area contributed by atoms with E-state index < -0.39 is 0 Å². The molecule has 0 bridgehead atoms. The van der Waals surface area contributed by atoms with E-state index in [0.29, 0.717) is 31.4 Å². The zero-order valence-electron chi connectivity index (χ0n) is 19.1. The van der Waals surface area contributed by atoms with E-state index in [4.69, 9.17) is 0 Å². The Morgan fingerprint density at radius 2 is 1.74 bits per heavy atom. The first-order valence-electron chi connectivity index (χ1n) is 11.2. The number of unbranched alkanes of at least 4 members (excludes halogenated alkanes) is 2. The maximum Gasteiger partial charge on any atom is 0.234 e. The average molecular weight is 430 g/mol. The Balaban J connectivity index is 1.75. The number of anilines is 1. The minimum atomic E-state index is -0.372. The van der Waals surface area contributed by atoms with Crippen LogP contribution in [-0.4, -0.2) is 40.6 Å². The fourth-order valence-corrected chi connectivity index (χ4v) is 4.11. The molecule has 7 heteroatoms. The molecule has 1 aromatic rings. The van der Waals surface area contributed by atoms with Gasteiger partial charge in [-0.15, -0.1) is 0 Å². The van der Waals surface area contributed by atoms with Crippen molar-refractivity contribution in [1.82, 2.24) is 10.2 Å². The molecule has 1 aliphatic rings. The van der Waals surface area contributed by atoms with Crippen molar-refractivity contribution < 1.29 is 19.2 Å². The zero-order chi connectivity index (χ0) is 23.0. The summed E-state index contributed by atoms with van der Waals surface area (Å²) < 4.78 is 0. The van der Waals surface area contributed by atoms with Crippen LogP contribution in [0.3, 0.4) is 0 Å². The van der Waals surface area contributed by atoms with Crippen molar-refractivity contribution >= 4 is 29.3 Å². The highest BCUT2D eigenvalue weighted by atomic mass is 16.2. The predicted molar refractivity (Wildman–Crippen MR) is 120 cm³/mol. The summed E-state index contributed by atoms with van der Waals surface area (Å²) in [6, 6.07) is 7.60. The summed E-state index contributed by atoms with van der Waals surface area (Å²) in [5.41, 5.74) is 1.44. The second kappa shape index (κ2) is 11.6. The molecule has 0 aromatic heterocycles. The number of nitrogens with zero attached hydrogens (tertiary/aromatic N) is 1. The van der Waals surface area contributed by atoms with Crippen LogP contribution < -0.4 is 10.6 Å². The predicted octanol–water partition coefficient (Wildman–Crippen LogP) is 3.74. The molecule has 0 spiro atoms. The molecule has 1 aromatic carbocycles. The van der Waals surface area contributed by atoms with Crippen molar-refractivity contribution in [2.24, 2.45) is 0 Å². The van der Waals surface area contributed by atoms with Gasteiger partial charge in [0.25, 0.3) is 0 Å². The number of imide groups is 1. The molecular weight excluding hydrogens is 394 g/mol. The van der Waals surface area contributed by atoms with E-state index in [1.54, 1.807) is 18.2 Å². The Kier molecular flexibility index (Phi) is 9.21. The number of benzene rings is 1. The highest BCUT2D eigenvalue weighted by Gasteiger charge is 2.28. The molecular formula is C24H35N3O4. The Morgan fingerprint density at radius 1 is 1.06 bits per heavy atom. The molecule has 1 heterocycles. The number of nitrogens with one attached hydrogen (secondary N) is 2. The first-order chi connectivity index (χ1) is 14.7. The van der Waals surface area contributed by atoms with E-state index in [2.05, 4.69) is 10.6 Å². The van der Waals surface area contributed by atoms with Crippen LogP contribution in [0.25, 0.3) is 0 Å². The molecule has 4 amide bonds. The standard InChI is InChI=1S/C24H35N3O4/c1-16(2)27(17(3)4)23(30)12-7-5-6-11-21(28)25-19-10-8-9-18(15-19)20-13-14-22(29)26-24(20)31/h8-10,15-17,20H,5-7,11-14H2,1-4H3,(H,25,28)(H,26,29,31). The van der Waals surface area contributed by atoms with E-state index in [1.807, 2.05) is 38.7 Å². The van der Waals surface area contributed by atoms with Gasteiger partial charge in [0.1, 0.15) is 0 Å². The van der Waals surface area contributed by atoms with Crippen molar-refractivity contribution in [3.8, 4) is 0 Å². The second-order valence-corrected chi connectivity index (χ2v) is 8.73. The van der Waals surface area contributed by atoms with Crippen molar-refractivity contribution in [3.05, 3.63) is 29.8 Å². The number of carbonyl (C=O) groups excluding carboxylic acids is 4. The number of amides is 4. The Morgan fingerprint density at radius 3 is 2.39 bits per heavy atom. The van der Waals surface area contributed by atoms with Crippen LogP contribution in [0.5, 0.6) is 0 Å². The Bertz CT molecular complexity index is 796. The lowest BCUT2D eigenvalue weighted by Crippen LogP contribution is -2.41. The lowest BCUT2D eigenvalue weighted by molar-refractivity contribution is -0.135. The first-order valence-corrected chi connectivity index (χ1v) is 11.2. The Labute approximate surface area is 185 Å². The number of piperidine rings is 1. The smallest absolute Gasteiger partial charge is 0.234 e. The molecule has 7 nitrogen and oxygen atoms in total. The fourth-order valence-electron chi connectivity index (χ4n) is 4.11. The zero-order valence-corrected chi connectivity index (χ0v) is 19.1. The van der Waals surface area contributed by atoms with Gasteiger partial charge in [-0.3, -0.25) is 24.5 Å². The van der Waals surface area contributed by atoms with Crippen molar-refractivity contribution in [1.29, 1.82) is 0 Å². The van der Waals surface area contributed by atoms with Gasteiger partial charge < -0.3 is 10.2 Å². The van der Waals surface area contributed by atoms with E-state index in [0.717, 1.165) is 24.8 Å². The van der Waals surface area contributed by atoms with Crippen LogP contribution in [0.1, 0.15) is 84.1 Å². The summed E-state index contributed by atoms with van der Waals surface area (Å²) in [6.45, 7) is 8.10. The van der Waals surface area contributed by atoms with Gasteiger partial charge in [0.05, 0.1) is 5.92 Å². The van der Waals surface area contributed by atoms with Gasteiger partial charge in [0, 0.05) is 37.0 Å². The monoisotopic (exact) mass is 429 g/mol. The second-order valence-electron chi connectivity index (χ2n) is 8.73. The summed E-state index contributed by atoms with van der Waals surface area (Å²) in [7, 11) is 0. The van der Waals surface area contributed by atoms with Crippen LogP contribution in [0, 0.1) is 0 Å². The SMILES string of the molecule is CC(C)N(C(=O)CCCCCC(=O)Nc1cccc(C2CCC(=O)NC2=O)c1)C(C)C. The maximum absolute atomic E-state index is 12.4. The van der Waals surface area contributed by atoms with Crippen LogP contribution in [0.4, 0.5) is 5.69 Å². The van der Waals surface area contributed by atoms with E-state index in [-0.39, 0.29) is 41.6 Å². The molecule has 0 aliphatic carbocycles. The summed E-state index contributed by atoms with van der Waals surface area (Å²) in [6.07, 6.45) is 4.00. The highest BCUT2D eigenvalue weighted by molar-refractivity contribution is 6.01. The minimum Gasteiger partial charge on any atom is -0.338 e. The number of hydrogen-bond donors (Lipinski definition) is 2. The third-order valence-corrected chi connectivity index (χ3v) is 5.51. The van der Waals surface area contributed by atoms with Crippen LogP contribution in [0.2, 0.25) is 0 Å². The molecule has 1 unspecified atom stereocenters. The lowest BCUT2D eigenvalue weighted by Gasteiger charge is -2.30. The van der Waals surface area contributed by atoms with Crippen molar-refractivity contribution in [2.45, 2.75) is 90.6 Å². The summed E-state index contributed by atoms with van der Waals surface area (Å²) in [4.78, 5) is 49.9. The molecule has 1 saturated heterocycles. The first kappa shape index (κ1) is 24.6. The van der Waals surface area contributed by atoms with Gasteiger partial charge >= 0.3 is 0 Å². The quantitative estimate of drug-likeness (QED) is 0.437. The molecule has 1 aliphatic heterocycles. The number of rotatable bonds is 10. The van der Waals surface area contributed by atoms with Crippen LogP contribution in [-0.2, 0) is 19.2 Å². The molecule has 0 radical (unpaired) electrons. The molecule has 1 fully saturated rings. The number of carbonyl (C=O) groups is 4. The van der Waals surface area contributed by atoms with Crippen LogP contribution in [0.15, 0.2) is 24.3 Å². The topological polar surface area (TPSA) is 95.6 Å². The van der Waals surface area contributed by atoms with E-state index >= 15 is 0 Å². The summed E-state index contributed by atoms with van der Waals surface area (Å²) in [5, 5.41) is 5.24. The molecule has 2 rings (SSSR count). The molecule has 170 valence electrons. The number of hydrogen-bond acceptors (Lipinski definition) is 4. The molecule has 2 N–H and O–H groups in total. The average Bonchev–Trinajstić information content (AvgIpc) is 2.67. The van der Waals surface area contributed by atoms with Gasteiger partial charge in [-0.1, -0.05) is 18.6 Å². The van der Waals surface area contributed by atoms with E-state index in [9.17, 15) is 19.2 Å². The van der Waals surface area contributed by atoms with E-state index in [1.165, 1.54) is 0 Å². The molecule has 31 heavy (non-hydrogen) atoms. The van der Waals surface area contributed by atoms with Gasteiger partial charge in [-0.2, -0.15) is 0 Å². The summed E-state index contributed by atoms with van der Waals surface area (Å²) >= 11 is 0. The maximum atomic E-state index is 12.4. The Hall–Kier alpha value is -2.70.